The first kappa shape index (κ1) is 22.2. The average Bonchev–Trinajstić information content (AvgIpc) is 2.71. The van der Waals surface area contributed by atoms with E-state index in [1.165, 1.54) is 14.2 Å². The van der Waals surface area contributed by atoms with E-state index >= 15 is 0 Å². The van der Waals surface area contributed by atoms with Crippen molar-refractivity contribution in [2.45, 2.75) is 19.3 Å². The molecule has 1 aromatic rings. The maximum Gasteiger partial charge on any atom is 0.337 e. The van der Waals surface area contributed by atoms with E-state index in [9.17, 15) is 14.9 Å². The first-order chi connectivity index (χ1) is 13.8. The summed E-state index contributed by atoms with van der Waals surface area (Å²) < 4.78 is 10.1. The molecule has 1 aliphatic heterocycles. The number of nitriles is 1. The number of aryl methyl sites for hydroxylation is 1. The molecule has 29 heavy (non-hydrogen) atoms. The molecule has 0 bridgehead atoms. The van der Waals surface area contributed by atoms with Crippen molar-refractivity contribution in [2.75, 3.05) is 41.9 Å². The zero-order valence-electron chi connectivity index (χ0n) is 17.8. The molecule has 0 N–H and O–H groups in total. The maximum atomic E-state index is 12.9. The van der Waals surface area contributed by atoms with Crippen molar-refractivity contribution < 1.29 is 19.1 Å². The van der Waals surface area contributed by atoms with E-state index in [1.807, 2.05) is 50.2 Å². The number of carbonyl (C=O) groups is 2. The number of ether oxygens (including phenoxy) is 2. The highest BCUT2D eigenvalue weighted by atomic mass is 16.5. The predicted molar refractivity (Wildman–Crippen MR) is 109 cm³/mol. The number of carbonyl (C=O) groups excluding carboxylic acids is 2. The Kier molecular flexibility index (Phi) is 7.18. The Balaban J connectivity index is 2.82. The molecule has 0 saturated carbocycles. The summed E-state index contributed by atoms with van der Waals surface area (Å²) in [5, 5.41) is 9.86. The van der Waals surface area contributed by atoms with E-state index in [2.05, 4.69) is 6.07 Å². The summed E-state index contributed by atoms with van der Waals surface area (Å²) in [6.07, 6.45) is 0.510. The van der Waals surface area contributed by atoms with Gasteiger partial charge < -0.3 is 19.3 Å². The topological polar surface area (TPSA) is 82.9 Å². The second kappa shape index (κ2) is 9.39. The van der Waals surface area contributed by atoms with Gasteiger partial charge in [-0.3, -0.25) is 0 Å². The molecule has 7 nitrogen and oxygen atoms in total. The molecule has 1 aromatic carbocycles. The molecule has 154 valence electrons. The summed E-state index contributed by atoms with van der Waals surface area (Å²) in [6, 6.07) is 9.66. The van der Waals surface area contributed by atoms with Crippen molar-refractivity contribution in [2.24, 2.45) is 0 Å². The van der Waals surface area contributed by atoms with E-state index in [-0.39, 0.29) is 11.3 Å². The number of benzene rings is 1. The Morgan fingerprint density at radius 1 is 1.10 bits per heavy atom. The monoisotopic (exact) mass is 397 g/mol. The quantitative estimate of drug-likeness (QED) is 0.682. The Morgan fingerprint density at radius 2 is 1.66 bits per heavy atom. The molecule has 7 heteroatoms. The largest absolute Gasteiger partial charge is 0.466 e. The van der Waals surface area contributed by atoms with Crippen LogP contribution in [-0.2, 0) is 19.1 Å². The molecule has 1 aliphatic rings. The van der Waals surface area contributed by atoms with Crippen molar-refractivity contribution in [3.05, 3.63) is 57.9 Å². The standard InChI is InChI=1S/C22H27N3O4/c1-14-7-9-15(10-8-14)18-19(21(26)28-5)16(11-12-24(2)3)25(4)17(13-23)20(18)22(27)29-6/h7-10,18H,11-12H2,1-6H3. The summed E-state index contributed by atoms with van der Waals surface area (Å²) in [7, 11) is 8.12. The summed E-state index contributed by atoms with van der Waals surface area (Å²) in [6.45, 7) is 2.61. The molecule has 0 aromatic heterocycles. The van der Waals surface area contributed by atoms with Gasteiger partial charge in [0, 0.05) is 25.7 Å². The summed E-state index contributed by atoms with van der Waals surface area (Å²) in [5.74, 6) is -1.93. The Morgan fingerprint density at radius 3 is 2.14 bits per heavy atom. The third-order valence-electron chi connectivity index (χ3n) is 5.01. The normalized spacial score (nSPS) is 16.8. The van der Waals surface area contributed by atoms with Gasteiger partial charge in [0.05, 0.1) is 31.3 Å². The van der Waals surface area contributed by atoms with Gasteiger partial charge in [-0.25, -0.2) is 9.59 Å². The van der Waals surface area contributed by atoms with Crippen LogP contribution in [0.15, 0.2) is 46.8 Å². The lowest BCUT2D eigenvalue weighted by Crippen LogP contribution is -2.35. The smallest absolute Gasteiger partial charge is 0.337 e. The predicted octanol–water partition coefficient (Wildman–Crippen LogP) is 2.35. The van der Waals surface area contributed by atoms with Crippen LogP contribution in [0.4, 0.5) is 0 Å². The molecule has 0 amide bonds. The number of hydrogen-bond acceptors (Lipinski definition) is 7. The second-order valence-electron chi connectivity index (χ2n) is 7.17. The molecule has 1 unspecified atom stereocenters. The molecular formula is C22H27N3O4. The van der Waals surface area contributed by atoms with E-state index in [0.717, 1.165) is 11.1 Å². The summed E-state index contributed by atoms with van der Waals surface area (Å²) >= 11 is 0. The summed E-state index contributed by atoms with van der Waals surface area (Å²) in [5.41, 5.74) is 3.07. The highest BCUT2D eigenvalue weighted by Gasteiger charge is 2.41. The van der Waals surface area contributed by atoms with Gasteiger partial charge in [0.25, 0.3) is 0 Å². The number of nitrogens with zero attached hydrogens (tertiary/aromatic N) is 3. The van der Waals surface area contributed by atoms with E-state index < -0.39 is 17.9 Å². The maximum absolute atomic E-state index is 12.9. The second-order valence-corrected chi connectivity index (χ2v) is 7.17. The third-order valence-corrected chi connectivity index (χ3v) is 5.01. The number of methoxy groups -OCH3 is 2. The molecule has 1 atom stereocenters. The lowest BCUT2D eigenvalue weighted by molar-refractivity contribution is -0.137. The van der Waals surface area contributed by atoms with Crippen LogP contribution in [-0.4, -0.2) is 63.6 Å². The van der Waals surface area contributed by atoms with Crippen LogP contribution in [0, 0.1) is 18.3 Å². The van der Waals surface area contributed by atoms with Crippen LogP contribution >= 0.6 is 0 Å². The Bertz CT molecular complexity index is 892. The molecule has 0 aliphatic carbocycles. The van der Waals surface area contributed by atoms with Crippen molar-refractivity contribution in [1.29, 1.82) is 5.26 Å². The van der Waals surface area contributed by atoms with E-state index in [1.54, 1.807) is 11.9 Å². The van der Waals surface area contributed by atoms with Crippen LogP contribution in [0.1, 0.15) is 23.5 Å². The first-order valence-corrected chi connectivity index (χ1v) is 9.25. The zero-order chi connectivity index (χ0) is 21.7. The minimum atomic E-state index is -0.751. The van der Waals surface area contributed by atoms with Crippen molar-refractivity contribution in [3.63, 3.8) is 0 Å². The molecule has 0 spiro atoms. The minimum absolute atomic E-state index is 0.135. The number of rotatable bonds is 6. The fraction of sp³-hybridized carbons (Fsp3) is 0.409. The number of allylic oxidation sites excluding steroid dienone is 1. The summed E-state index contributed by atoms with van der Waals surface area (Å²) in [4.78, 5) is 29.2. The Labute approximate surface area is 171 Å². The molecule has 0 radical (unpaired) electrons. The zero-order valence-corrected chi connectivity index (χ0v) is 17.8. The van der Waals surface area contributed by atoms with Gasteiger partial charge in [-0.2, -0.15) is 5.26 Å². The number of hydrogen-bond donors (Lipinski definition) is 0. The van der Waals surface area contributed by atoms with Gasteiger partial charge in [-0.15, -0.1) is 0 Å². The van der Waals surface area contributed by atoms with E-state index in [0.29, 0.717) is 24.2 Å². The van der Waals surface area contributed by atoms with Crippen LogP contribution in [0.3, 0.4) is 0 Å². The average molecular weight is 397 g/mol. The van der Waals surface area contributed by atoms with Gasteiger partial charge >= 0.3 is 11.9 Å². The van der Waals surface area contributed by atoms with Crippen LogP contribution in [0.5, 0.6) is 0 Å². The van der Waals surface area contributed by atoms with Crippen molar-refractivity contribution in [3.8, 4) is 6.07 Å². The molecule has 1 heterocycles. The highest BCUT2D eigenvalue weighted by Crippen LogP contribution is 2.43. The SMILES string of the molecule is COC(=O)C1=C(C#N)N(C)C(CCN(C)C)=C(C(=O)OC)C1c1ccc(C)cc1. The van der Waals surface area contributed by atoms with Crippen LogP contribution < -0.4 is 0 Å². The fourth-order valence-electron chi connectivity index (χ4n) is 3.47. The van der Waals surface area contributed by atoms with Crippen LogP contribution in [0.25, 0.3) is 0 Å². The molecule has 2 rings (SSSR count). The van der Waals surface area contributed by atoms with Crippen LogP contribution in [0.2, 0.25) is 0 Å². The Hall–Kier alpha value is -3.11. The van der Waals surface area contributed by atoms with Gasteiger partial charge in [-0.05, 0) is 26.6 Å². The third kappa shape index (κ3) is 4.49. The molecular weight excluding hydrogens is 370 g/mol. The van der Waals surface area contributed by atoms with Gasteiger partial charge in [0.2, 0.25) is 0 Å². The van der Waals surface area contributed by atoms with E-state index in [4.69, 9.17) is 9.47 Å². The molecule has 0 saturated heterocycles. The lowest BCUT2D eigenvalue weighted by atomic mass is 9.79. The first-order valence-electron chi connectivity index (χ1n) is 9.25. The van der Waals surface area contributed by atoms with Crippen molar-refractivity contribution in [1.82, 2.24) is 9.80 Å². The van der Waals surface area contributed by atoms with Gasteiger partial charge in [0.1, 0.15) is 11.8 Å². The highest BCUT2D eigenvalue weighted by molar-refractivity contribution is 6.00. The van der Waals surface area contributed by atoms with Gasteiger partial charge in [-0.1, -0.05) is 29.8 Å². The molecule has 0 fully saturated rings. The number of esters is 2. The minimum Gasteiger partial charge on any atom is -0.466 e. The van der Waals surface area contributed by atoms with Crippen molar-refractivity contribution >= 4 is 11.9 Å². The lowest BCUT2D eigenvalue weighted by Gasteiger charge is -2.35. The van der Waals surface area contributed by atoms with Gasteiger partial charge in [0.15, 0.2) is 0 Å². The fourth-order valence-corrected chi connectivity index (χ4v) is 3.47.